The summed E-state index contributed by atoms with van der Waals surface area (Å²) in [5.74, 6) is 0.696. The highest BCUT2D eigenvalue weighted by molar-refractivity contribution is 5.76. The van der Waals surface area contributed by atoms with E-state index in [1.54, 1.807) is 0 Å². The number of amides is 1. The summed E-state index contributed by atoms with van der Waals surface area (Å²) < 4.78 is 5.48. The van der Waals surface area contributed by atoms with Crippen LogP contribution in [0.15, 0.2) is 4.42 Å². The highest BCUT2D eigenvalue weighted by Gasteiger charge is 2.22. The molecule has 0 bridgehead atoms. The number of anilines is 1. The molecule has 1 atom stereocenters. The van der Waals surface area contributed by atoms with Crippen LogP contribution in [0.5, 0.6) is 0 Å². The molecule has 1 heterocycles. The molecule has 1 aromatic heterocycles. The molecule has 1 unspecified atom stereocenters. The fourth-order valence-corrected chi connectivity index (χ4v) is 1.85. The second-order valence-corrected chi connectivity index (χ2v) is 5.10. The van der Waals surface area contributed by atoms with Crippen molar-refractivity contribution in [2.75, 3.05) is 18.4 Å². The third-order valence-electron chi connectivity index (χ3n) is 3.12. The Balaban J connectivity index is 1.62. The first-order valence-corrected chi connectivity index (χ1v) is 7.29. The summed E-state index contributed by atoms with van der Waals surface area (Å²) in [6, 6.07) is 0.890. The highest BCUT2D eigenvalue weighted by Crippen LogP contribution is 2.18. The van der Waals surface area contributed by atoms with Crippen LogP contribution >= 0.6 is 0 Å². The zero-order valence-electron chi connectivity index (χ0n) is 12.1. The summed E-state index contributed by atoms with van der Waals surface area (Å²) in [5.41, 5.74) is 0. The fourth-order valence-electron chi connectivity index (χ4n) is 1.85. The van der Waals surface area contributed by atoms with Gasteiger partial charge in [-0.25, -0.2) is 0 Å². The van der Waals surface area contributed by atoms with Gasteiger partial charge in [0.2, 0.25) is 11.8 Å². The van der Waals surface area contributed by atoms with Gasteiger partial charge in [-0.05, 0) is 32.7 Å². The lowest BCUT2D eigenvalue weighted by Gasteiger charge is -2.06. The first-order valence-electron chi connectivity index (χ1n) is 7.29. The fraction of sp³-hybridized carbons (Fsp3) is 0.769. The van der Waals surface area contributed by atoms with Crippen molar-refractivity contribution >= 4 is 11.9 Å². The van der Waals surface area contributed by atoms with Gasteiger partial charge in [-0.2, -0.15) is 0 Å². The molecule has 20 heavy (non-hydrogen) atoms. The molecule has 1 amide bonds. The first-order chi connectivity index (χ1) is 9.69. The molecule has 0 saturated heterocycles. The Morgan fingerprint density at radius 1 is 1.45 bits per heavy atom. The summed E-state index contributed by atoms with van der Waals surface area (Å²) in [6.45, 7) is 5.50. The second kappa shape index (κ2) is 7.23. The molecule has 0 spiro atoms. The van der Waals surface area contributed by atoms with Crippen molar-refractivity contribution in [2.45, 2.75) is 51.6 Å². The molecule has 3 N–H and O–H groups in total. The van der Waals surface area contributed by atoms with Gasteiger partial charge < -0.3 is 20.4 Å². The smallest absolute Gasteiger partial charge is 0.315 e. The van der Waals surface area contributed by atoms with Crippen LogP contribution < -0.4 is 16.0 Å². The summed E-state index contributed by atoms with van der Waals surface area (Å²) >= 11 is 0. The van der Waals surface area contributed by atoms with E-state index in [2.05, 4.69) is 26.1 Å². The summed E-state index contributed by atoms with van der Waals surface area (Å²) in [6.07, 6.45) is 3.52. The number of nitrogens with one attached hydrogen (secondary N) is 3. The number of carbonyl (C=O) groups is 1. The van der Waals surface area contributed by atoms with E-state index in [0.29, 0.717) is 30.9 Å². The predicted octanol–water partition coefficient (Wildman–Crippen LogP) is 1.21. The predicted molar refractivity (Wildman–Crippen MR) is 75.3 cm³/mol. The second-order valence-electron chi connectivity index (χ2n) is 5.10. The van der Waals surface area contributed by atoms with Crippen molar-refractivity contribution in [1.29, 1.82) is 0 Å². The third-order valence-corrected chi connectivity index (χ3v) is 3.12. The number of carbonyl (C=O) groups excluding carboxylic acids is 1. The molecule has 112 valence electrons. The summed E-state index contributed by atoms with van der Waals surface area (Å²) in [5, 5.41) is 17.1. The molecule has 0 aliphatic heterocycles. The van der Waals surface area contributed by atoms with E-state index >= 15 is 0 Å². The Hall–Kier alpha value is -1.63. The Morgan fingerprint density at radius 2 is 2.25 bits per heavy atom. The van der Waals surface area contributed by atoms with Crippen molar-refractivity contribution in [3.05, 3.63) is 5.89 Å². The molecule has 7 heteroatoms. The van der Waals surface area contributed by atoms with Crippen molar-refractivity contribution in [2.24, 2.45) is 0 Å². The monoisotopic (exact) mass is 281 g/mol. The molecule has 1 aliphatic rings. The average Bonchev–Trinajstić information content (AvgIpc) is 3.10. The van der Waals surface area contributed by atoms with Gasteiger partial charge in [-0.1, -0.05) is 12.0 Å². The number of rotatable bonds is 9. The number of nitrogens with zero attached hydrogens (tertiary/aromatic N) is 2. The zero-order chi connectivity index (χ0) is 14.4. The Labute approximate surface area is 118 Å². The minimum absolute atomic E-state index is 0.0485. The van der Waals surface area contributed by atoms with Crippen LogP contribution in [0.1, 0.15) is 51.5 Å². The standard InChI is InChI=1S/C13H23N5O2/c1-3-14-9(2)12-17-18-13(20-12)15-8-4-5-11(19)16-10-6-7-10/h9-10,14H,3-8H2,1-2H3,(H,15,18)(H,16,19). The van der Waals surface area contributed by atoms with Crippen LogP contribution in [-0.4, -0.2) is 35.2 Å². The largest absolute Gasteiger partial charge is 0.406 e. The SMILES string of the molecule is CCNC(C)c1nnc(NCCCC(=O)NC2CC2)o1. The van der Waals surface area contributed by atoms with Crippen molar-refractivity contribution in [1.82, 2.24) is 20.8 Å². The van der Waals surface area contributed by atoms with E-state index < -0.39 is 0 Å². The number of hydrogen-bond acceptors (Lipinski definition) is 6. The van der Waals surface area contributed by atoms with Crippen LogP contribution in [0, 0.1) is 0 Å². The molecule has 0 aromatic carbocycles. The van der Waals surface area contributed by atoms with Crippen LogP contribution in [0.25, 0.3) is 0 Å². The van der Waals surface area contributed by atoms with Gasteiger partial charge in [0.05, 0.1) is 6.04 Å². The molecule has 1 fully saturated rings. The third kappa shape index (κ3) is 4.80. The average molecular weight is 281 g/mol. The molecular formula is C13H23N5O2. The zero-order valence-corrected chi connectivity index (χ0v) is 12.1. The maximum absolute atomic E-state index is 11.5. The number of aromatic nitrogens is 2. The Morgan fingerprint density at radius 3 is 2.95 bits per heavy atom. The van der Waals surface area contributed by atoms with Gasteiger partial charge in [0.1, 0.15) is 0 Å². The summed E-state index contributed by atoms with van der Waals surface area (Å²) in [7, 11) is 0. The van der Waals surface area contributed by atoms with Gasteiger partial charge in [0, 0.05) is 19.0 Å². The van der Waals surface area contributed by atoms with Crippen molar-refractivity contribution in [3.63, 3.8) is 0 Å². The minimum Gasteiger partial charge on any atom is -0.406 e. The van der Waals surface area contributed by atoms with E-state index in [0.717, 1.165) is 25.8 Å². The molecule has 2 rings (SSSR count). The molecule has 7 nitrogen and oxygen atoms in total. The first kappa shape index (κ1) is 14.8. The van der Waals surface area contributed by atoms with Crippen molar-refractivity contribution < 1.29 is 9.21 Å². The lowest BCUT2D eigenvalue weighted by atomic mass is 10.3. The van der Waals surface area contributed by atoms with E-state index in [4.69, 9.17) is 4.42 Å². The quantitative estimate of drug-likeness (QED) is 0.589. The normalized spacial score (nSPS) is 15.9. The lowest BCUT2D eigenvalue weighted by molar-refractivity contribution is -0.121. The van der Waals surface area contributed by atoms with Gasteiger partial charge in [0.25, 0.3) is 0 Å². The summed E-state index contributed by atoms with van der Waals surface area (Å²) in [4.78, 5) is 11.5. The Kier molecular flexibility index (Phi) is 5.34. The van der Waals surface area contributed by atoms with E-state index in [1.807, 2.05) is 13.8 Å². The van der Waals surface area contributed by atoms with Gasteiger partial charge in [-0.15, -0.1) is 5.10 Å². The van der Waals surface area contributed by atoms with Crippen molar-refractivity contribution in [3.8, 4) is 0 Å². The van der Waals surface area contributed by atoms with Crippen LogP contribution in [0.3, 0.4) is 0 Å². The minimum atomic E-state index is 0.0485. The van der Waals surface area contributed by atoms with Gasteiger partial charge in [-0.3, -0.25) is 4.79 Å². The topological polar surface area (TPSA) is 92.1 Å². The van der Waals surface area contributed by atoms with Gasteiger partial charge >= 0.3 is 6.01 Å². The molecule has 1 aromatic rings. The molecule has 0 radical (unpaired) electrons. The molecule has 1 aliphatic carbocycles. The highest BCUT2D eigenvalue weighted by atomic mass is 16.4. The maximum Gasteiger partial charge on any atom is 0.315 e. The number of hydrogen-bond donors (Lipinski definition) is 3. The lowest BCUT2D eigenvalue weighted by Crippen LogP contribution is -2.25. The maximum atomic E-state index is 11.5. The molecular weight excluding hydrogens is 258 g/mol. The van der Waals surface area contributed by atoms with E-state index in [1.165, 1.54) is 0 Å². The van der Waals surface area contributed by atoms with Gasteiger partial charge in [0.15, 0.2) is 0 Å². The molecule has 1 saturated carbocycles. The van der Waals surface area contributed by atoms with Crippen LogP contribution in [0.2, 0.25) is 0 Å². The Bertz CT molecular complexity index is 430. The van der Waals surface area contributed by atoms with Crippen LogP contribution in [-0.2, 0) is 4.79 Å². The van der Waals surface area contributed by atoms with Crippen LogP contribution in [0.4, 0.5) is 6.01 Å². The van der Waals surface area contributed by atoms with E-state index in [9.17, 15) is 4.79 Å². The van der Waals surface area contributed by atoms with E-state index in [-0.39, 0.29) is 11.9 Å².